The van der Waals surface area contributed by atoms with E-state index in [1.807, 2.05) is 56.3 Å². The van der Waals surface area contributed by atoms with E-state index in [1.165, 1.54) is 0 Å². The first kappa shape index (κ1) is 13.8. The van der Waals surface area contributed by atoms with Crippen molar-refractivity contribution in [2.75, 3.05) is 11.4 Å². The molecule has 0 radical (unpaired) electrons. The number of para-hydroxylation sites is 1. The van der Waals surface area contributed by atoms with Gasteiger partial charge in [0.05, 0.1) is 11.8 Å². The van der Waals surface area contributed by atoms with Crippen LogP contribution in [-0.4, -0.2) is 17.6 Å². The van der Waals surface area contributed by atoms with E-state index in [0.29, 0.717) is 18.5 Å². The molecule has 1 heterocycles. The zero-order valence-electron chi connectivity index (χ0n) is 12.3. The fourth-order valence-corrected chi connectivity index (χ4v) is 2.89. The van der Waals surface area contributed by atoms with Crippen molar-refractivity contribution in [1.82, 2.24) is 0 Å². The van der Waals surface area contributed by atoms with Gasteiger partial charge in [0.15, 0.2) is 0 Å². The molecule has 1 unspecified atom stereocenters. The molecule has 108 valence electrons. The molecule has 3 rings (SSSR count). The van der Waals surface area contributed by atoms with Crippen LogP contribution in [0.1, 0.15) is 39.6 Å². The topological polar surface area (TPSA) is 40.5 Å². The molecule has 2 aromatic carbocycles. The highest BCUT2D eigenvalue weighted by Gasteiger charge is 2.29. The largest absolute Gasteiger partial charge is 0.388 e. The maximum Gasteiger partial charge on any atom is 0.258 e. The van der Waals surface area contributed by atoms with Gasteiger partial charge in [-0.05, 0) is 38.0 Å². The number of aliphatic hydroxyl groups excluding tert-OH is 1. The number of carbonyl (C=O) groups is 1. The molecule has 0 spiro atoms. The van der Waals surface area contributed by atoms with E-state index >= 15 is 0 Å². The van der Waals surface area contributed by atoms with E-state index in [4.69, 9.17) is 0 Å². The third-order valence-corrected chi connectivity index (χ3v) is 4.07. The van der Waals surface area contributed by atoms with Gasteiger partial charge in [0.1, 0.15) is 0 Å². The lowest BCUT2D eigenvalue weighted by molar-refractivity contribution is 0.0970. The molecule has 0 aromatic heterocycles. The van der Waals surface area contributed by atoms with Crippen molar-refractivity contribution in [3.05, 3.63) is 64.7 Å². The summed E-state index contributed by atoms with van der Waals surface area (Å²) in [6.45, 7) is 4.53. The number of anilines is 1. The van der Waals surface area contributed by atoms with Crippen molar-refractivity contribution in [1.29, 1.82) is 0 Å². The minimum absolute atomic E-state index is 0.00236. The van der Waals surface area contributed by atoms with Gasteiger partial charge < -0.3 is 10.0 Å². The van der Waals surface area contributed by atoms with Crippen molar-refractivity contribution in [2.45, 2.75) is 26.4 Å². The quantitative estimate of drug-likeness (QED) is 0.870. The summed E-state index contributed by atoms with van der Waals surface area (Å²) in [5.74, 6) is -0.00236. The number of amides is 1. The second kappa shape index (κ2) is 5.34. The first-order valence-electron chi connectivity index (χ1n) is 7.24. The van der Waals surface area contributed by atoms with Gasteiger partial charge >= 0.3 is 0 Å². The standard InChI is InChI=1S/C18H19NO2/c1-12-6-8-14(9-7-12)18(21)19-11-10-16(20)15-5-3-4-13(2)17(15)19/h3-9,16,20H,10-11H2,1-2H3. The van der Waals surface area contributed by atoms with Gasteiger partial charge in [-0.25, -0.2) is 0 Å². The van der Waals surface area contributed by atoms with Crippen LogP contribution in [-0.2, 0) is 0 Å². The third-order valence-electron chi connectivity index (χ3n) is 4.07. The molecule has 21 heavy (non-hydrogen) atoms. The summed E-state index contributed by atoms with van der Waals surface area (Å²) in [5, 5.41) is 10.2. The average Bonchev–Trinajstić information content (AvgIpc) is 2.49. The molecule has 3 nitrogen and oxygen atoms in total. The highest BCUT2D eigenvalue weighted by Crippen LogP contribution is 2.36. The summed E-state index contributed by atoms with van der Waals surface area (Å²) >= 11 is 0. The lowest BCUT2D eigenvalue weighted by Crippen LogP contribution is -2.37. The van der Waals surface area contributed by atoms with Gasteiger partial charge in [-0.2, -0.15) is 0 Å². The van der Waals surface area contributed by atoms with Crippen LogP contribution in [0.5, 0.6) is 0 Å². The SMILES string of the molecule is Cc1ccc(C(=O)N2CCC(O)c3cccc(C)c32)cc1. The molecule has 0 saturated carbocycles. The fourth-order valence-electron chi connectivity index (χ4n) is 2.89. The van der Waals surface area contributed by atoms with Gasteiger partial charge in [0.25, 0.3) is 5.91 Å². The summed E-state index contributed by atoms with van der Waals surface area (Å²) in [6, 6.07) is 13.4. The highest BCUT2D eigenvalue weighted by atomic mass is 16.3. The number of hydrogen-bond donors (Lipinski definition) is 1. The first-order valence-corrected chi connectivity index (χ1v) is 7.24. The second-order valence-electron chi connectivity index (χ2n) is 5.64. The molecular weight excluding hydrogens is 262 g/mol. The number of rotatable bonds is 1. The van der Waals surface area contributed by atoms with Crippen molar-refractivity contribution < 1.29 is 9.90 Å². The summed E-state index contributed by atoms with van der Waals surface area (Å²) in [4.78, 5) is 14.6. The summed E-state index contributed by atoms with van der Waals surface area (Å²) in [5.41, 5.74) is 4.55. The van der Waals surface area contributed by atoms with Crippen LogP contribution < -0.4 is 4.90 Å². The van der Waals surface area contributed by atoms with Gasteiger partial charge in [0, 0.05) is 17.7 Å². The molecule has 2 aromatic rings. The second-order valence-corrected chi connectivity index (χ2v) is 5.64. The Labute approximate surface area is 124 Å². The van der Waals surface area contributed by atoms with Crippen molar-refractivity contribution in [3.8, 4) is 0 Å². The van der Waals surface area contributed by atoms with E-state index in [0.717, 1.165) is 22.4 Å². The molecule has 1 amide bonds. The summed E-state index contributed by atoms with van der Waals surface area (Å²) in [7, 11) is 0. The summed E-state index contributed by atoms with van der Waals surface area (Å²) < 4.78 is 0. The summed E-state index contributed by atoms with van der Waals surface area (Å²) in [6.07, 6.45) is 0.0931. The Morgan fingerprint density at radius 1 is 1.14 bits per heavy atom. The lowest BCUT2D eigenvalue weighted by atomic mass is 9.95. The average molecular weight is 281 g/mol. The van der Waals surface area contributed by atoms with Gasteiger partial charge in [-0.3, -0.25) is 4.79 Å². The van der Waals surface area contributed by atoms with Crippen LogP contribution in [0.4, 0.5) is 5.69 Å². The number of carbonyl (C=O) groups excluding carboxylic acids is 1. The van der Waals surface area contributed by atoms with Crippen LogP contribution in [0.25, 0.3) is 0 Å². The van der Waals surface area contributed by atoms with Gasteiger partial charge in [-0.15, -0.1) is 0 Å². The maximum absolute atomic E-state index is 12.8. The van der Waals surface area contributed by atoms with Crippen LogP contribution in [0.2, 0.25) is 0 Å². The number of aliphatic hydroxyl groups is 1. The molecule has 1 atom stereocenters. The minimum Gasteiger partial charge on any atom is -0.388 e. The van der Waals surface area contributed by atoms with Crippen LogP contribution in [0, 0.1) is 13.8 Å². The maximum atomic E-state index is 12.8. The van der Waals surface area contributed by atoms with E-state index in [-0.39, 0.29) is 5.91 Å². The number of aryl methyl sites for hydroxylation is 2. The van der Waals surface area contributed by atoms with Crippen LogP contribution in [0.3, 0.4) is 0 Å². The van der Waals surface area contributed by atoms with Crippen molar-refractivity contribution >= 4 is 11.6 Å². The Kier molecular flexibility index (Phi) is 3.52. The van der Waals surface area contributed by atoms with Crippen LogP contribution in [0.15, 0.2) is 42.5 Å². The van der Waals surface area contributed by atoms with Crippen molar-refractivity contribution in [3.63, 3.8) is 0 Å². The smallest absolute Gasteiger partial charge is 0.258 e. The lowest BCUT2D eigenvalue weighted by Gasteiger charge is -2.33. The Morgan fingerprint density at radius 2 is 1.86 bits per heavy atom. The normalized spacial score (nSPS) is 17.5. The van der Waals surface area contributed by atoms with E-state index in [1.54, 1.807) is 4.90 Å². The zero-order valence-corrected chi connectivity index (χ0v) is 12.3. The van der Waals surface area contributed by atoms with Crippen LogP contribution >= 0.6 is 0 Å². The third kappa shape index (κ3) is 2.45. The van der Waals surface area contributed by atoms with E-state index < -0.39 is 6.10 Å². The Balaban J connectivity index is 2.03. The highest BCUT2D eigenvalue weighted by molar-refractivity contribution is 6.07. The molecule has 1 aliphatic rings. The van der Waals surface area contributed by atoms with Gasteiger partial charge in [-0.1, -0.05) is 35.9 Å². The molecular formula is C18H19NO2. The number of benzene rings is 2. The molecule has 0 saturated heterocycles. The predicted octanol–water partition coefficient (Wildman–Crippen LogP) is 3.39. The minimum atomic E-state index is -0.484. The van der Waals surface area contributed by atoms with E-state index in [2.05, 4.69) is 0 Å². The molecule has 3 heteroatoms. The van der Waals surface area contributed by atoms with Crippen molar-refractivity contribution in [2.24, 2.45) is 0 Å². The van der Waals surface area contributed by atoms with Gasteiger partial charge in [0.2, 0.25) is 0 Å². The number of hydrogen-bond acceptors (Lipinski definition) is 2. The Morgan fingerprint density at radius 3 is 2.57 bits per heavy atom. The first-order chi connectivity index (χ1) is 10.1. The number of nitrogens with zero attached hydrogens (tertiary/aromatic N) is 1. The molecule has 0 aliphatic carbocycles. The number of fused-ring (bicyclic) bond motifs is 1. The molecule has 1 aliphatic heterocycles. The molecule has 0 fully saturated rings. The Bertz CT molecular complexity index is 676. The molecule has 1 N–H and O–H groups in total. The monoisotopic (exact) mass is 281 g/mol. The fraction of sp³-hybridized carbons (Fsp3) is 0.278. The zero-order chi connectivity index (χ0) is 15.0. The molecule has 0 bridgehead atoms. The van der Waals surface area contributed by atoms with E-state index in [9.17, 15) is 9.90 Å². The predicted molar refractivity (Wildman–Crippen MR) is 83.6 cm³/mol. The Hall–Kier alpha value is -2.13.